The zero-order valence-electron chi connectivity index (χ0n) is 12.5. The van der Waals surface area contributed by atoms with Crippen LogP contribution in [0.3, 0.4) is 0 Å². The maximum atomic E-state index is 11.7. The highest BCUT2D eigenvalue weighted by Gasteiger charge is 2.39. The van der Waals surface area contributed by atoms with Crippen molar-refractivity contribution < 1.29 is 23.2 Å². The van der Waals surface area contributed by atoms with Crippen molar-refractivity contribution in [2.75, 3.05) is 5.75 Å². The molecule has 1 rings (SSSR count). The summed E-state index contributed by atoms with van der Waals surface area (Å²) in [7, 11) is -4.70. The van der Waals surface area contributed by atoms with Gasteiger partial charge in [-0.2, -0.15) is 0 Å². The average molecular weight is 303 g/mol. The highest BCUT2D eigenvalue weighted by atomic mass is 32.2. The molecule has 0 unspecified atom stereocenters. The third-order valence-corrected chi connectivity index (χ3v) is 5.14. The molecule has 0 radical (unpaired) electrons. The minimum absolute atomic E-state index is 0.0345. The molecule has 0 amide bonds. The van der Waals surface area contributed by atoms with Crippen LogP contribution in [0.2, 0.25) is 0 Å². The van der Waals surface area contributed by atoms with Crippen LogP contribution in [-0.4, -0.2) is 46.6 Å². The molecule has 0 aliphatic carbocycles. The Bertz CT molecular complexity index is 559. The molecule has 6 nitrogen and oxygen atoms in total. The molecule has 0 aliphatic heterocycles. The van der Waals surface area contributed by atoms with Gasteiger partial charge in [0.2, 0.25) is 10.0 Å². The third kappa shape index (κ3) is 3.63. The molecule has 1 heterocycles. The summed E-state index contributed by atoms with van der Waals surface area (Å²) in [6.07, 6.45) is 2.67. The average Bonchev–Trinajstić information content (AvgIpc) is 2.76. The standard InChI is InChI=1S/C12H22BNO5S/c1-6-20(17,18)14-8-7-10(9-14)13(16)19-12(4,5)11(2,3)15/h7-9,15-16H,6H2,1-5H3. The fourth-order valence-electron chi connectivity index (χ4n) is 1.35. The van der Waals surface area contributed by atoms with Gasteiger partial charge in [-0.15, -0.1) is 0 Å². The highest BCUT2D eigenvalue weighted by molar-refractivity contribution is 7.89. The van der Waals surface area contributed by atoms with E-state index in [1.807, 2.05) is 0 Å². The van der Waals surface area contributed by atoms with Crippen LogP contribution >= 0.6 is 0 Å². The van der Waals surface area contributed by atoms with E-state index in [4.69, 9.17) is 4.65 Å². The SMILES string of the molecule is CCS(=O)(=O)n1ccc(B(O)OC(C)(C)C(C)(C)O)c1. The number of hydrogen-bond acceptors (Lipinski definition) is 5. The molecule has 0 atom stereocenters. The number of rotatable bonds is 6. The van der Waals surface area contributed by atoms with Gasteiger partial charge in [-0.05, 0) is 40.7 Å². The smallest absolute Gasteiger partial charge is 0.423 e. The van der Waals surface area contributed by atoms with E-state index in [9.17, 15) is 18.5 Å². The molecule has 20 heavy (non-hydrogen) atoms. The molecule has 0 aliphatic rings. The number of nitrogens with zero attached hydrogens (tertiary/aromatic N) is 1. The van der Waals surface area contributed by atoms with Crippen LogP contribution in [0.15, 0.2) is 18.5 Å². The molecule has 0 fully saturated rings. The van der Waals surface area contributed by atoms with Gasteiger partial charge in [-0.1, -0.05) is 0 Å². The molecule has 114 valence electrons. The summed E-state index contributed by atoms with van der Waals surface area (Å²) in [6.45, 7) is 7.99. The molecule has 0 spiro atoms. The Hall–Kier alpha value is -0.825. The molecule has 0 saturated carbocycles. The van der Waals surface area contributed by atoms with Gasteiger partial charge in [-0.25, -0.2) is 8.42 Å². The first-order chi connectivity index (χ1) is 8.90. The minimum atomic E-state index is -3.38. The van der Waals surface area contributed by atoms with Gasteiger partial charge < -0.3 is 14.8 Å². The summed E-state index contributed by atoms with van der Waals surface area (Å²) in [5.41, 5.74) is -1.84. The van der Waals surface area contributed by atoms with Crippen molar-refractivity contribution >= 4 is 22.6 Å². The van der Waals surface area contributed by atoms with Crippen molar-refractivity contribution in [3.8, 4) is 0 Å². The van der Waals surface area contributed by atoms with Gasteiger partial charge in [0.15, 0.2) is 0 Å². The number of hydrogen-bond donors (Lipinski definition) is 2. The lowest BCUT2D eigenvalue weighted by Crippen LogP contribution is -2.53. The van der Waals surface area contributed by atoms with Crippen molar-refractivity contribution in [2.45, 2.75) is 45.8 Å². The van der Waals surface area contributed by atoms with E-state index in [2.05, 4.69) is 0 Å². The Morgan fingerprint density at radius 3 is 2.35 bits per heavy atom. The van der Waals surface area contributed by atoms with Crippen molar-refractivity contribution in [1.82, 2.24) is 3.97 Å². The lowest BCUT2D eigenvalue weighted by atomic mass is 9.78. The quantitative estimate of drug-likeness (QED) is 0.719. The van der Waals surface area contributed by atoms with E-state index >= 15 is 0 Å². The van der Waals surface area contributed by atoms with E-state index in [0.29, 0.717) is 5.46 Å². The van der Waals surface area contributed by atoms with E-state index < -0.39 is 28.3 Å². The summed E-state index contributed by atoms with van der Waals surface area (Å²) in [5.74, 6) is -0.0345. The highest BCUT2D eigenvalue weighted by Crippen LogP contribution is 2.25. The molecule has 0 bridgehead atoms. The molecule has 8 heteroatoms. The van der Waals surface area contributed by atoms with Gasteiger partial charge in [0, 0.05) is 17.9 Å². The first-order valence-electron chi connectivity index (χ1n) is 6.40. The van der Waals surface area contributed by atoms with Gasteiger partial charge in [-0.3, -0.25) is 3.97 Å². The Kier molecular flexibility index (Phi) is 4.75. The molecule has 0 aromatic carbocycles. The summed E-state index contributed by atoms with van der Waals surface area (Å²) >= 11 is 0. The normalized spacial score (nSPS) is 13.6. The van der Waals surface area contributed by atoms with Gasteiger partial charge in [0.25, 0.3) is 0 Å². The molecule has 1 aromatic heterocycles. The van der Waals surface area contributed by atoms with E-state index in [-0.39, 0.29) is 5.75 Å². The fraction of sp³-hybridized carbons (Fsp3) is 0.667. The third-order valence-electron chi connectivity index (χ3n) is 3.54. The Morgan fingerprint density at radius 2 is 1.90 bits per heavy atom. The second-order valence-electron chi connectivity index (χ2n) is 5.71. The minimum Gasteiger partial charge on any atom is -0.423 e. The Morgan fingerprint density at radius 1 is 1.35 bits per heavy atom. The van der Waals surface area contributed by atoms with Crippen LogP contribution < -0.4 is 5.46 Å². The van der Waals surface area contributed by atoms with Crippen molar-refractivity contribution in [2.24, 2.45) is 0 Å². The Balaban J connectivity index is 2.93. The predicted molar refractivity (Wildman–Crippen MR) is 78.4 cm³/mol. The van der Waals surface area contributed by atoms with E-state index in [1.54, 1.807) is 34.6 Å². The zero-order valence-corrected chi connectivity index (χ0v) is 13.3. The maximum Gasteiger partial charge on any atom is 0.493 e. The monoisotopic (exact) mass is 303 g/mol. The van der Waals surface area contributed by atoms with Crippen molar-refractivity contribution in [3.63, 3.8) is 0 Å². The molecule has 0 saturated heterocycles. The lowest BCUT2D eigenvalue weighted by molar-refractivity contribution is -0.0982. The number of aromatic nitrogens is 1. The van der Waals surface area contributed by atoms with E-state index in [1.165, 1.54) is 18.5 Å². The van der Waals surface area contributed by atoms with Gasteiger partial charge in [0.05, 0.1) is 17.0 Å². The van der Waals surface area contributed by atoms with Gasteiger partial charge in [0.1, 0.15) is 0 Å². The van der Waals surface area contributed by atoms with Crippen LogP contribution in [0.4, 0.5) is 0 Å². The largest absolute Gasteiger partial charge is 0.493 e. The van der Waals surface area contributed by atoms with Crippen LogP contribution in [0.1, 0.15) is 34.6 Å². The molecule has 2 N–H and O–H groups in total. The molecular weight excluding hydrogens is 281 g/mol. The first kappa shape index (κ1) is 17.2. The second-order valence-corrected chi connectivity index (χ2v) is 7.88. The Labute approximate surface area is 120 Å². The van der Waals surface area contributed by atoms with Gasteiger partial charge >= 0.3 is 7.12 Å². The first-order valence-corrected chi connectivity index (χ1v) is 8.01. The molecular formula is C12H22BNO5S. The predicted octanol–water partition coefficient (Wildman–Crippen LogP) is -0.0605. The van der Waals surface area contributed by atoms with Crippen LogP contribution in [0.5, 0.6) is 0 Å². The number of aliphatic hydroxyl groups is 1. The van der Waals surface area contributed by atoms with E-state index in [0.717, 1.165) is 3.97 Å². The second kappa shape index (κ2) is 5.52. The zero-order chi connectivity index (χ0) is 15.8. The summed E-state index contributed by atoms with van der Waals surface area (Å²) in [5, 5.41) is 20.0. The fourth-order valence-corrected chi connectivity index (χ4v) is 2.18. The molecule has 1 aromatic rings. The lowest BCUT2D eigenvalue weighted by Gasteiger charge is -2.38. The van der Waals surface area contributed by atoms with Crippen LogP contribution in [0.25, 0.3) is 0 Å². The van der Waals surface area contributed by atoms with Crippen molar-refractivity contribution in [3.05, 3.63) is 18.5 Å². The summed E-state index contributed by atoms with van der Waals surface area (Å²) in [4.78, 5) is 0. The topological polar surface area (TPSA) is 88.8 Å². The maximum absolute atomic E-state index is 11.7. The van der Waals surface area contributed by atoms with Crippen LogP contribution in [-0.2, 0) is 14.7 Å². The summed E-state index contributed by atoms with van der Waals surface area (Å²) in [6, 6.07) is 1.47. The van der Waals surface area contributed by atoms with Crippen LogP contribution in [0, 0.1) is 0 Å². The summed E-state index contributed by atoms with van der Waals surface area (Å²) < 4.78 is 29.9. The van der Waals surface area contributed by atoms with Crippen molar-refractivity contribution in [1.29, 1.82) is 0 Å².